The van der Waals surface area contributed by atoms with Crippen LogP contribution in [0.4, 0.5) is 10.1 Å². The van der Waals surface area contributed by atoms with Crippen molar-refractivity contribution in [2.75, 3.05) is 44.6 Å². The summed E-state index contributed by atoms with van der Waals surface area (Å²) in [5.74, 6) is -0.349. The number of piperazine rings is 1. The zero-order valence-electron chi connectivity index (χ0n) is 14.2. The molecule has 2 aliphatic heterocycles. The molecule has 0 unspecified atom stereocenters. The molecular weight excluding hydrogens is 309 g/mol. The van der Waals surface area contributed by atoms with E-state index in [-0.39, 0.29) is 17.8 Å². The molecule has 2 saturated heterocycles. The lowest BCUT2D eigenvalue weighted by Crippen LogP contribution is -2.53. The van der Waals surface area contributed by atoms with Gasteiger partial charge in [0.15, 0.2) is 0 Å². The third kappa shape index (κ3) is 4.53. The van der Waals surface area contributed by atoms with Gasteiger partial charge in [-0.05, 0) is 44.0 Å². The Morgan fingerprint density at radius 1 is 1.29 bits per heavy atom. The van der Waals surface area contributed by atoms with Gasteiger partial charge < -0.3 is 10.1 Å². The quantitative estimate of drug-likeness (QED) is 0.893. The minimum Gasteiger partial charge on any atom is -0.377 e. The van der Waals surface area contributed by atoms with E-state index in [2.05, 4.69) is 15.1 Å². The van der Waals surface area contributed by atoms with Gasteiger partial charge in [0.2, 0.25) is 5.91 Å². The largest absolute Gasteiger partial charge is 0.377 e. The molecule has 0 aliphatic carbocycles. The summed E-state index contributed by atoms with van der Waals surface area (Å²) in [6, 6.07) is 5.67. The Morgan fingerprint density at radius 2 is 2.00 bits per heavy atom. The summed E-state index contributed by atoms with van der Waals surface area (Å²) in [5.41, 5.74) is 0.630. The van der Waals surface area contributed by atoms with E-state index in [0.717, 1.165) is 45.8 Å². The highest BCUT2D eigenvalue weighted by atomic mass is 19.1. The molecule has 1 aromatic carbocycles. The highest BCUT2D eigenvalue weighted by molar-refractivity contribution is 5.94. The van der Waals surface area contributed by atoms with Gasteiger partial charge in [0.05, 0.1) is 12.1 Å². The van der Waals surface area contributed by atoms with Gasteiger partial charge in [0.25, 0.3) is 0 Å². The number of carbonyl (C=O) groups is 1. The van der Waals surface area contributed by atoms with Crippen molar-refractivity contribution < 1.29 is 13.9 Å². The van der Waals surface area contributed by atoms with Crippen molar-refractivity contribution in [3.8, 4) is 0 Å². The highest BCUT2D eigenvalue weighted by Crippen LogP contribution is 2.16. The second-order valence-electron chi connectivity index (χ2n) is 6.64. The Hall–Kier alpha value is -1.50. The van der Waals surface area contributed by atoms with Crippen LogP contribution in [-0.4, -0.2) is 67.2 Å². The van der Waals surface area contributed by atoms with Crippen LogP contribution in [0.3, 0.4) is 0 Å². The summed E-state index contributed by atoms with van der Waals surface area (Å²) in [4.78, 5) is 17.0. The van der Waals surface area contributed by atoms with Crippen LogP contribution in [0, 0.1) is 5.82 Å². The van der Waals surface area contributed by atoms with E-state index in [4.69, 9.17) is 4.74 Å². The Labute approximate surface area is 142 Å². The van der Waals surface area contributed by atoms with Crippen LogP contribution < -0.4 is 5.32 Å². The first-order valence-corrected chi connectivity index (χ1v) is 8.76. The van der Waals surface area contributed by atoms with Crippen molar-refractivity contribution in [2.24, 2.45) is 0 Å². The van der Waals surface area contributed by atoms with Crippen LogP contribution in [0.25, 0.3) is 0 Å². The Morgan fingerprint density at radius 3 is 2.62 bits per heavy atom. The number of benzene rings is 1. The molecule has 6 heteroatoms. The van der Waals surface area contributed by atoms with Gasteiger partial charge in [-0.1, -0.05) is 0 Å². The highest BCUT2D eigenvalue weighted by Gasteiger charge is 2.27. The predicted octanol–water partition coefficient (Wildman–Crippen LogP) is 1.95. The number of amides is 1. The maximum Gasteiger partial charge on any atom is 0.241 e. The molecule has 1 N–H and O–H groups in total. The molecule has 1 aromatic rings. The fourth-order valence-corrected chi connectivity index (χ4v) is 3.36. The molecule has 5 nitrogen and oxygen atoms in total. The van der Waals surface area contributed by atoms with Crippen LogP contribution in [0.5, 0.6) is 0 Å². The number of nitrogens with zero attached hydrogens (tertiary/aromatic N) is 2. The SMILES string of the molecule is C[C@@H](C(=O)Nc1ccc(F)cc1)N1CCN(C[C@@H]2CCCO2)CC1. The molecule has 2 fully saturated rings. The lowest BCUT2D eigenvalue weighted by Gasteiger charge is -2.38. The zero-order valence-corrected chi connectivity index (χ0v) is 14.2. The molecule has 132 valence electrons. The number of rotatable bonds is 5. The number of nitrogens with one attached hydrogen (secondary N) is 1. The second kappa shape index (κ2) is 8.05. The van der Waals surface area contributed by atoms with Crippen LogP contribution in [0.15, 0.2) is 24.3 Å². The molecule has 0 spiro atoms. The van der Waals surface area contributed by atoms with E-state index in [1.165, 1.54) is 18.6 Å². The van der Waals surface area contributed by atoms with E-state index in [9.17, 15) is 9.18 Å². The minimum absolute atomic E-state index is 0.0471. The second-order valence-corrected chi connectivity index (χ2v) is 6.64. The van der Waals surface area contributed by atoms with Crippen LogP contribution in [0.1, 0.15) is 19.8 Å². The van der Waals surface area contributed by atoms with Gasteiger partial charge in [0, 0.05) is 45.0 Å². The van der Waals surface area contributed by atoms with E-state index in [1.54, 1.807) is 12.1 Å². The standard InChI is InChI=1S/C18H26FN3O2/c1-14(18(23)20-16-6-4-15(19)5-7-16)22-10-8-21(9-11-22)13-17-3-2-12-24-17/h4-7,14,17H,2-3,8-13H2,1H3,(H,20,23)/t14-,17-/m0/s1. The maximum absolute atomic E-state index is 12.9. The third-order valence-electron chi connectivity index (χ3n) is 4.93. The van der Waals surface area contributed by atoms with Gasteiger partial charge in [-0.25, -0.2) is 4.39 Å². The fraction of sp³-hybridized carbons (Fsp3) is 0.611. The topological polar surface area (TPSA) is 44.8 Å². The van der Waals surface area contributed by atoms with Crippen molar-refractivity contribution in [2.45, 2.75) is 31.9 Å². The Bertz CT molecular complexity index is 538. The van der Waals surface area contributed by atoms with Gasteiger partial charge in [-0.3, -0.25) is 14.6 Å². The van der Waals surface area contributed by atoms with Crippen molar-refractivity contribution in [3.63, 3.8) is 0 Å². The van der Waals surface area contributed by atoms with Gasteiger partial charge in [0.1, 0.15) is 5.82 Å². The number of carbonyl (C=O) groups excluding carboxylic acids is 1. The molecule has 24 heavy (non-hydrogen) atoms. The van der Waals surface area contributed by atoms with E-state index in [1.807, 2.05) is 6.92 Å². The van der Waals surface area contributed by atoms with Gasteiger partial charge in [-0.2, -0.15) is 0 Å². The number of hydrogen-bond acceptors (Lipinski definition) is 4. The van der Waals surface area contributed by atoms with Crippen molar-refractivity contribution in [3.05, 3.63) is 30.1 Å². The fourth-order valence-electron chi connectivity index (χ4n) is 3.36. The summed E-state index contributed by atoms with van der Waals surface area (Å²) in [6.45, 7) is 7.52. The molecule has 0 radical (unpaired) electrons. The van der Waals surface area contributed by atoms with Crippen LogP contribution >= 0.6 is 0 Å². The molecule has 0 aromatic heterocycles. The summed E-state index contributed by atoms with van der Waals surface area (Å²) in [7, 11) is 0. The monoisotopic (exact) mass is 335 g/mol. The first-order valence-electron chi connectivity index (χ1n) is 8.76. The average Bonchev–Trinajstić information content (AvgIpc) is 3.10. The van der Waals surface area contributed by atoms with Crippen molar-refractivity contribution >= 4 is 11.6 Å². The number of hydrogen-bond donors (Lipinski definition) is 1. The molecule has 1 amide bonds. The van der Waals surface area contributed by atoms with Gasteiger partial charge >= 0.3 is 0 Å². The Kier molecular flexibility index (Phi) is 5.81. The molecule has 0 bridgehead atoms. The summed E-state index contributed by atoms with van der Waals surface area (Å²) >= 11 is 0. The van der Waals surface area contributed by atoms with Gasteiger partial charge in [-0.15, -0.1) is 0 Å². The number of ether oxygens (including phenoxy) is 1. The molecule has 2 heterocycles. The Balaban J connectivity index is 1.44. The van der Waals surface area contributed by atoms with Crippen LogP contribution in [0.2, 0.25) is 0 Å². The van der Waals surface area contributed by atoms with Crippen molar-refractivity contribution in [1.29, 1.82) is 0 Å². The lowest BCUT2D eigenvalue weighted by molar-refractivity contribution is -0.121. The summed E-state index contributed by atoms with van der Waals surface area (Å²) < 4.78 is 18.6. The summed E-state index contributed by atoms with van der Waals surface area (Å²) in [5, 5.41) is 2.86. The molecule has 0 saturated carbocycles. The maximum atomic E-state index is 12.9. The molecule has 3 rings (SSSR count). The van der Waals surface area contributed by atoms with Crippen molar-refractivity contribution in [1.82, 2.24) is 9.80 Å². The lowest BCUT2D eigenvalue weighted by atomic mass is 10.2. The van der Waals surface area contributed by atoms with E-state index < -0.39 is 0 Å². The molecule has 2 aliphatic rings. The van der Waals surface area contributed by atoms with E-state index in [0.29, 0.717) is 11.8 Å². The summed E-state index contributed by atoms with van der Waals surface area (Å²) in [6.07, 6.45) is 2.72. The molecular formula is C18H26FN3O2. The minimum atomic E-state index is -0.302. The normalized spacial score (nSPS) is 24.0. The van der Waals surface area contributed by atoms with E-state index >= 15 is 0 Å². The first-order chi connectivity index (χ1) is 11.6. The number of halogens is 1. The number of anilines is 1. The average molecular weight is 335 g/mol. The predicted molar refractivity (Wildman–Crippen MR) is 91.5 cm³/mol. The smallest absolute Gasteiger partial charge is 0.241 e. The first kappa shape index (κ1) is 17.3. The van der Waals surface area contributed by atoms with Crippen LogP contribution in [-0.2, 0) is 9.53 Å². The third-order valence-corrected chi connectivity index (χ3v) is 4.93. The molecule has 2 atom stereocenters. The zero-order chi connectivity index (χ0) is 16.9.